The molecule has 1 saturated carbocycles. The molecule has 3 heterocycles. The number of benzene rings is 1. The molecule has 47 heavy (non-hydrogen) atoms. The lowest BCUT2D eigenvalue weighted by atomic mass is 9.93. The van der Waals surface area contributed by atoms with Crippen LogP contribution < -0.4 is 15.4 Å². The summed E-state index contributed by atoms with van der Waals surface area (Å²) in [6, 6.07) is 10.1. The van der Waals surface area contributed by atoms with Gasteiger partial charge in [0.1, 0.15) is 6.04 Å². The summed E-state index contributed by atoms with van der Waals surface area (Å²) in [6.45, 7) is 3.41. The van der Waals surface area contributed by atoms with Gasteiger partial charge in [0.15, 0.2) is 12.3 Å². The van der Waals surface area contributed by atoms with Gasteiger partial charge in [-0.2, -0.15) is 5.10 Å². The Morgan fingerprint density at radius 2 is 1.70 bits per heavy atom. The van der Waals surface area contributed by atoms with E-state index in [1.807, 2.05) is 13.0 Å². The Morgan fingerprint density at radius 1 is 0.936 bits per heavy atom. The summed E-state index contributed by atoms with van der Waals surface area (Å²) in [5, 5.41) is 11.5. The summed E-state index contributed by atoms with van der Waals surface area (Å²) in [4.78, 5) is 72.0. The van der Waals surface area contributed by atoms with Gasteiger partial charge in [-0.15, -0.1) is 5.06 Å². The first-order valence-corrected chi connectivity index (χ1v) is 16.4. The van der Waals surface area contributed by atoms with Crippen molar-refractivity contribution in [2.24, 2.45) is 0 Å². The Labute approximate surface area is 273 Å². The number of nitrogens with one attached hydrogen (secondary N) is 2. The van der Waals surface area contributed by atoms with Crippen molar-refractivity contribution < 1.29 is 38.3 Å². The van der Waals surface area contributed by atoms with Crippen molar-refractivity contribution in [3.63, 3.8) is 0 Å². The van der Waals surface area contributed by atoms with Gasteiger partial charge in [0.05, 0.1) is 31.9 Å². The van der Waals surface area contributed by atoms with Crippen LogP contribution in [-0.4, -0.2) is 119 Å². The number of hydrogen-bond acceptors (Lipinski definition) is 10. The second kappa shape index (κ2) is 16.3. The first-order chi connectivity index (χ1) is 22.8. The van der Waals surface area contributed by atoms with Crippen LogP contribution in [0.25, 0.3) is 5.69 Å². The van der Waals surface area contributed by atoms with E-state index in [1.165, 1.54) is 15.8 Å². The van der Waals surface area contributed by atoms with Crippen LogP contribution in [0.2, 0.25) is 0 Å². The molecule has 1 aromatic carbocycles. The molecule has 15 nitrogen and oxygen atoms in total. The van der Waals surface area contributed by atoms with Gasteiger partial charge in [-0.3, -0.25) is 19.2 Å². The SMILES string of the molecule is CCCCOC(=O)ON1CCN(C(=O)CNC(=O)c2cc(OCC(=O)N3CCC[C@H]3C(=O)NC3CCC3)n(-c3ccccc3)n2)CC1. The molecule has 2 N–H and O–H groups in total. The van der Waals surface area contributed by atoms with Crippen molar-refractivity contribution in [2.45, 2.75) is 64.0 Å². The minimum atomic E-state index is -0.764. The van der Waals surface area contributed by atoms with Gasteiger partial charge < -0.3 is 34.7 Å². The van der Waals surface area contributed by atoms with Gasteiger partial charge in [-0.05, 0) is 50.7 Å². The molecule has 4 amide bonds. The molecule has 5 rings (SSSR count). The standard InChI is InChI=1S/C32H43N7O8/c1-2-3-19-45-32(44)47-37-17-15-36(16-18-37)27(40)21-33-30(42)25-20-29(39(35-25)24-11-5-4-6-12-24)46-22-28(41)38-14-8-13-26(38)31(43)34-23-9-7-10-23/h4-6,11-12,20,23,26H,2-3,7-10,13-19,21-22H2,1H3,(H,33,42)(H,34,43)/t26-/m0/s1. The molecule has 2 aliphatic heterocycles. The molecule has 1 aromatic heterocycles. The van der Waals surface area contributed by atoms with Crippen LogP contribution in [0, 0.1) is 0 Å². The molecule has 0 bridgehead atoms. The summed E-state index contributed by atoms with van der Waals surface area (Å²) in [5.74, 6) is -1.17. The molecule has 3 fully saturated rings. The fourth-order valence-electron chi connectivity index (χ4n) is 5.56. The average molecular weight is 654 g/mol. The summed E-state index contributed by atoms with van der Waals surface area (Å²) in [5.41, 5.74) is 0.612. The van der Waals surface area contributed by atoms with Crippen LogP contribution >= 0.6 is 0 Å². The van der Waals surface area contributed by atoms with Crippen LogP contribution in [0.5, 0.6) is 5.88 Å². The molecule has 15 heteroatoms. The molecule has 3 aliphatic rings. The number of carbonyl (C=O) groups excluding carboxylic acids is 5. The molecule has 0 radical (unpaired) electrons. The number of nitrogens with zero attached hydrogens (tertiary/aromatic N) is 5. The number of hydroxylamine groups is 2. The highest BCUT2D eigenvalue weighted by molar-refractivity contribution is 5.95. The molecular formula is C32H43N7O8. The highest BCUT2D eigenvalue weighted by atomic mass is 16.8. The minimum Gasteiger partial charge on any atom is -0.467 e. The van der Waals surface area contributed by atoms with E-state index >= 15 is 0 Å². The van der Waals surface area contributed by atoms with Crippen LogP contribution in [-0.2, 0) is 24.0 Å². The Balaban J connectivity index is 1.14. The van der Waals surface area contributed by atoms with Crippen LogP contribution in [0.15, 0.2) is 36.4 Å². The highest BCUT2D eigenvalue weighted by Gasteiger charge is 2.36. The van der Waals surface area contributed by atoms with Crippen molar-refractivity contribution in [3.8, 4) is 11.6 Å². The number of rotatable bonds is 13. The summed E-state index contributed by atoms with van der Waals surface area (Å²) >= 11 is 0. The molecule has 2 aromatic rings. The van der Waals surface area contributed by atoms with Gasteiger partial charge in [-0.25, -0.2) is 9.48 Å². The Kier molecular flexibility index (Phi) is 11.7. The predicted octanol–water partition coefficient (Wildman–Crippen LogP) is 1.65. The average Bonchev–Trinajstić information content (AvgIpc) is 3.73. The lowest BCUT2D eigenvalue weighted by molar-refractivity contribution is -0.156. The van der Waals surface area contributed by atoms with E-state index in [-0.39, 0.29) is 48.5 Å². The van der Waals surface area contributed by atoms with E-state index in [1.54, 1.807) is 34.1 Å². The zero-order valence-electron chi connectivity index (χ0n) is 26.7. The summed E-state index contributed by atoms with van der Waals surface area (Å²) in [6.07, 6.45) is 5.26. The monoisotopic (exact) mass is 653 g/mol. The quantitative estimate of drug-likeness (QED) is 0.240. The fourth-order valence-corrected chi connectivity index (χ4v) is 5.56. The van der Waals surface area contributed by atoms with Crippen LogP contribution in [0.1, 0.15) is 62.4 Å². The first kappa shape index (κ1) is 33.7. The topological polar surface area (TPSA) is 165 Å². The number of para-hydroxylation sites is 1. The Hall–Kier alpha value is -4.66. The largest absolute Gasteiger partial charge is 0.527 e. The molecule has 0 unspecified atom stereocenters. The van der Waals surface area contributed by atoms with Crippen molar-refractivity contribution in [1.29, 1.82) is 0 Å². The minimum absolute atomic E-state index is 0.00262. The maximum Gasteiger partial charge on any atom is 0.527 e. The van der Waals surface area contributed by atoms with Crippen molar-refractivity contribution in [3.05, 3.63) is 42.1 Å². The van der Waals surface area contributed by atoms with E-state index in [9.17, 15) is 24.0 Å². The number of amides is 4. The van der Waals surface area contributed by atoms with Gasteiger partial charge in [0.2, 0.25) is 17.7 Å². The highest BCUT2D eigenvalue weighted by Crippen LogP contribution is 2.23. The molecule has 2 saturated heterocycles. The number of unbranched alkanes of at least 4 members (excludes halogenated alkanes) is 1. The van der Waals surface area contributed by atoms with E-state index < -0.39 is 18.1 Å². The lowest BCUT2D eigenvalue weighted by Gasteiger charge is -2.33. The third kappa shape index (κ3) is 8.99. The molecule has 0 spiro atoms. The number of aromatic nitrogens is 2. The molecule has 1 aliphatic carbocycles. The predicted molar refractivity (Wildman–Crippen MR) is 167 cm³/mol. The zero-order valence-corrected chi connectivity index (χ0v) is 26.7. The van der Waals surface area contributed by atoms with E-state index in [0.717, 1.165) is 38.5 Å². The molecular weight excluding hydrogens is 610 g/mol. The van der Waals surface area contributed by atoms with Crippen LogP contribution in [0.4, 0.5) is 4.79 Å². The number of hydrogen-bond donors (Lipinski definition) is 2. The van der Waals surface area contributed by atoms with Gasteiger partial charge >= 0.3 is 6.16 Å². The fraction of sp³-hybridized carbons (Fsp3) is 0.562. The van der Waals surface area contributed by atoms with E-state index in [0.29, 0.717) is 51.4 Å². The van der Waals surface area contributed by atoms with Crippen molar-refractivity contribution in [2.75, 3.05) is 52.5 Å². The summed E-state index contributed by atoms with van der Waals surface area (Å²) in [7, 11) is 0. The second-order valence-corrected chi connectivity index (χ2v) is 11.8. The van der Waals surface area contributed by atoms with E-state index in [2.05, 4.69) is 15.7 Å². The Bertz CT molecular complexity index is 1410. The maximum atomic E-state index is 13.2. The van der Waals surface area contributed by atoms with Gasteiger partial charge in [-0.1, -0.05) is 31.5 Å². The number of ether oxygens (including phenoxy) is 2. The number of carbonyl (C=O) groups is 5. The molecule has 1 atom stereocenters. The number of piperazine rings is 1. The van der Waals surface area contributed by atoms with E-state index in [4.69, 9.17) is 14.3 Å². The van der Waals surface area contributed by atoms with Crippen LogP contribution in [0.3, 0.4) is 0 Å². The first-order valence-electron chi connectivity index (χ1n) is 16.4. The van der Waals surface area contributed by atoms with Gasteiger partial charge in [0, 0.05) is 31.7 Å². The number of likely N-dealkylation sites (tertiary alicyclic amines) is 1. The molecule has 254 valence electrons. The Morgan fingerprint density at radius 3 is 2.40 bits per heavy atom. The van der Waals surface area contributed by atoms with Crippen molar-refractivity contribution >= 4 is 29.8 Å². The third-order valence-electron chi connectivity index (χ3n) is 8.49. The third-order valence-corrected chi connectivity index (χ3v) is 8.49. The van der Waals surface area contributed by atoms with Crippen molar-refractivity contribution in [1.82, 2.24) is 35.3 Å². The zero-order chi connectivity index (χ0) is 33.2. The smallest absolute Gasteiger partial charge is 0.467 e. The second-order valence-electron chi connectivity index (χ2n) is 11.8. The maximum absolute atomic E-state index is 13.2. The normalized spacial score (nSPS) is 18.3. The lowest BCUT2D eigenvalue weighted by Crippen LogP contribution is -2.51. The summed E-state index contributed by atoms with van der Waals surface area (Å²) < 4.78 is 12.3. The van der Waals surface area contributed by atoms with Gasteiger partial charge in [0.25, 0.3) is 11.8 Å².